The van der Waals surface area contributed by atoms with Crippen LogP contribution in [0.3, 0.4) is 0 Å². The number of hydrogen-bond acceptors (Lipinski definition) is 6. The van der Waals surface area contributed by atoms with Crippen LogP contribution in [-0.2, 0) is 11.8 Å². The Morgan fingerprint density at radius 1 is 1.32 bits per heavy atom. The molecule has 1 aromatic heterocycles. The van der Waals surface area contributed by atoms with Gasteiger partial charge in [0.2, 0.25) is 0 Å². The van der Waals surface area contributed by atoms with Crippen molar-refractivity contribution in [3.05, 3.63) is 32.6 Å². The van der Waals surface area contributed by atoms with E-state index in [0.717, 1.165) is 9.13 Å². The van der Waals surface area contributed by atoms with Gasteiger partial charge in [-0.05, 0) is 6.92 Å². The first-order valence-corrected chi connectivity index (χ1v) is 5.79. The first-order chi connectivity index (χ1) is 8.88. The minimum Gasteiger partial charge on any atom is -0.394 e. The molecule has 2 rings (SSSR count). The molecule has 0 saturated carbocycles. The monoisotopic (exact) mass is 272 g/mol. The topological polar surface area (TPSA) is 114 Å². The highest BCUT2D eigenvalue weighted by Gasteiger charge is 2.43. The normalized spacial score (nSPS) is 30.8. The maximum atomic E-state index is 12.0. The summed E-state index contributed by atoms with van der Waals surface area (Å²) in [5, 5.41) is 28.5. The molecular weight excluding hydrogens is 256 g/mol. The maximum absolute atomic E-state index is 12.0. The molecule has 0 spiro atoms. The van der Waals surface area contributed by atoms with E-state index in [-0.39, 0.29) is 0 Å². The summed E-state index contributed by atoms with van der Waals surface area (Å²) in [6.45, 7) is 1.05. The van der Waals surface area contributed by atoms with E-state index in [9.17, 15) is 19.8 Å². The maximum Gasteiger partial charge on any atom is 0.332 e. The highest BCUT2D eigenvalue weighted by atomic mass is 16.6. The van der Waals surface area contributed by atoms with E-state index in [0.29, 0.717) is 5.56 Å². The number of ether oxygens (including phenoxy) is 1. The summed E-state index contributed by atoms with van der Waals surface area (Å²) in [6.07, 6.45) is -3.48. The van der Waals surface area contributed by atoms with Crippen LogP contribution in [0, 0.1) is 6.92 Å². The zero-order chi connectivity index (χ0) is 14.3. The predicted molar refractivity (Wildman–Crippen MR) is 63.7 cm³/mol. The number of nitrogens with zero attached hydrogens (tertiary/aromatic N) is 2. The van der Waals surface area contributed by atoms with Crippen LogP contribution in [0.1, 0.15) is 11.8 Å². The van der Waals surface area contributed by atoms with Crippen molar-refractivity contribution in [2.24, 2.45) is 7.05 Å². The van der Waals surface area contributed by atoms with Gasteiger partial charge in [0.05, 0.1) is 6.61 Å². The van der Waals surface area contributed by atoms with Gasteiger partial charge in [0, 0.05) is 18.8 Å². The van der Waals surface area contributed by atoms with Crippen molar-refractivity contribution in [3.8, 4) is 0 Å². The Morgan fingerprint density at radius 2 is 1.95 bits per heavy atom. The van der Waals surface area contributed by atoms with E-state index in [1.54, 1.807) is 0 Å². The van der Waals surface area contributed by atoms with E-state index in [1.807, 2.05) is 0 Å². The van der Waals surface area contributed by atoms with Gasteiger partial charge in [0.1, 0.15) is 18.3 Å². The van der Waals surface area contributed by atoms with Gasteiger partial charge >= 0.3 is 5.69 Å². The van der Waals surface area contributed by atoms with Crippen LogP contribution < -0.4 is 11.2 Å². The molecular formula is C11H16N2O6. The van der Waals surface area contributed by atoms with Crippen molar-refractivity contribution in [3.63, 3.8) is 0 Å². The Hall–Kier alpha value is -1.48. The number of hydrogen-bond donors (Lipinski definition) is 3. The molecule has 19 heavy (non-hydrogen) atoms. The third kappa shape index (κ3) is 2.12. The largest absolute Gasteiger partial charge is 0.394 e. The molecule has 8 heteroatoms. The molecule has 1 fully saturated rings. The Morgan fingerprint density at radius 3 is 2.47 bits per heavy atom. The molecule has 3 N–H and O–H groups in total. The van der Waals surface area contributed by atoms with Gasteiger partial charge in [0.15, 0.2) is 6.23 Å². The molecule has 8 nitrogen and oxygen atoms in total. The molecule has 0 radical (unpaired) electrons. The van der Waals surface area contributed by atoms with Crippen molar-refractivity contribution >= 4 is 0 Å². The number of aryl methyl sites for hydroxylation is 1. The molecule has 4 atom stereocenters. The van der Waals surface area contributed by atoms with Gasteiger partial charge < -0.3 is 20.1 Å². The summed E-state index contributed by atoms with van der Waals surface area (Å²) in [5.74, 6) is 0. The van der Waals surface area contributed by atoms with Crippen LogP contribution in [-0.4, -0.2) is 49.4 Å². The van der Waals surface area contributed by atoms with Crippen LogP contribution >= 0.6 is 0 Å². The second-order valence-electron chi connectivity index (χ2n) is 4.59. The molecule has 2 unspecified atom stereocenters. The summed E-state index contributed by atoms with van der Waals surface area (Å²) in [7, 11) is 1.31. The van der Waals surface area contributed by atoms with Crippen LogP contribution in [0.4, 0.5) is 0 Å². The molecule has 0 amide bonds. The fourth-order valence-corrected chi connectivity index (χ4v) is 2.14. The zero-order valence-electron chi connectivity index (χ0n) is 10.6. The highest BCUT2D eigenvalue weighted by molar-refractivity contribution is 5.04. The lowest BCUT2D eigenvalue weighted by Crippen LogP contribution is -2.43. The minimum atomic E-state index is -1.35. The number of aliphatic hydroxyl groups excluding tert-OH is 3. The lowest BCUT2D eigenvalue weighted by Gasteiger charge is -2.18. The molecule has 106 valence electrons. The van der Waals surface area contributed by atoms with Gasteiger partial charge in [-0.1, -0.05) is 0 Å². The Kier molecular flexibility index (Phi) is 3.59. The number of rotatable bonds is 2. The van der Waals surface area contributed by atoms with E-state index < -0.39 is 42.4 Å². The summed E-state index contributed by atoms with van der Waals surface area (Å²) in [5.41, 5.74) is -0.793. The average molecular weight is 272 g/mol. The second-order valence-corrected chi connectivity index (χ2v) is 4.59. The van der Waals surface area contributed by atoms with Crippen molar-refractivity contribution in [1.82, 2.24) is 9.13 Å². The van der Waals surface area contributed by atoms with Crippen molar-refractivity contribution in [1.29, 1.82) is 0 Å². The summed E-state index contributed by atoms with van der Waals surface area (Å²) >= 11 is 0. The zero-order valence-corrected chi connectivity index (χ0v) is 10.6. The fraction of sp³-hybridized carbons (Fsp3) is 0.636. The first-order valence-electron chi connectivity index (χ1n) is 5.79. The van der Waals surface area contributed by atoms with E-state index >= 15 is 0 Å². The van der Waals surface area contributed by atoms with Crippen LogP contribution in [0.5, 0.6) is 0 Å². The molecule has 1 aliphatic heterocycles. The standard InChI is InChI=1S/C11H16N2O6/c1-5-3-13(11(18)12(2)9(5)17)10-8(16)7(15)6(4-14)19-10/h3,6-8,10,14-16H,4H2,1-2H3/t6-,7?,8?,10-/m0/s1. The molecule has 0 bridgehead atoms. The van der Waals surface area contributed by atoms with E-state index in [2.05, 4.69) is 0 Å². The summed E-state index contributed by atoms with van der Waals surface area (Å²) < 4.78 is 7.18. The second kappa shape index (κ2) is 4.89. The quantitative estimate of drug-likeness (QED) is 0.547. The number of aromatic nitrogens is 2. The third-order valence-electron chi connectivity index (χ3n) is 3.27. The van der Waals surface area contributed by atoms with Crippen molar-refractivity contribution < 1.29 is 20.1 Å². The highest BCUT2D eigenvalue weighted by Crippen LogP contribution is 2.27. The van der Waals surface area contributed by atoms with E-state index in [1.165, 1.54) is 20.2 Å². The van der Waals surface area contributed by atoms with Crippen molar-refractivity contribution in [2.45, 2.75) is 31.5 Å². The minimum absolute atomic E-state index is 0.305. The van der Waals surface area contributed by atoms with Gasteiger partial charge in [-0.15, -0.1) is 0 Å². The lowest BCUT2D eigenvalue weighted by atomic mass is 10.1. The Labute approximate surface area is 108 Å². The average Bonchev–Trinajstić information content (AvgIpc) is 2.68. The molecule has 1 aromatic rings. The predicted octanol–water partition coefficient (Wildman–Crippen LogP) is -2.53. The van der Waals surface area contributed by atoms with Gasteiger partial charge in [0.25, 0.3) is 5.56 Å². The van der Waals surface area contributed by atoms with Gasteiger partial charge in [-0.25, -0.2) is 4.79 Å². The Bertz CT molecular complexity index is 592. The molecule has 0 aromatic carbocycles. The number of aliphatic hydroxyl groups is 3. The molecule has 2 heterocycles. The SMILES string of the molecule is Cc1cn([C@H]2O[C@@H](CO)C(O)C2O)c(=O)n(C)c1=O. The summed E-state index contributed by atoms with van der Waals surface area (Å²) in [6, 6.07) is 0. The van der Waals surface area contributed by atoms with Crippen molar-refractivity contribution in [2.75, 3.05) is 6.61 Å². The molecule has 1 saturated heterocycles. The molecule has 1 aliphatic rings. The van der Waals surface area contributed by atoms with Crippen LogP contribution in [0.25, 0.3) is 0 Å². The molecule has 0 aliphatic carbocycles. The van der Waals surface area contributed by atoms with Crippen LogP contribution in [0.2, 0.25) is 0 Å². The fourth-order valence-electron chi connectivity index (χ4n) is 2.14. The van der Waals surface area contributed by atoms with E-state index in [4.69, 9.17) is 9.84 Å². The smallest absolute Gasteiger partial charge is 0.332 e. The first kappa shape index (κ1) is 13.9. The Balaban J connectivity index is 2.50. The van der Waals surface area contributed by atoms with Gasteiger partial charge in [-0.3, -0.25) is 13.9 Å². The van der Waals surface area contributed by atoms with Gasteiger partial charge in [-0.2, -0.15) is 0 Å². The lowest BCUT2D eigenvalue weighted by molar-refractivity contribution is -0.0555. The summed E-state index contributed by atoms with van der Waals surface area (Å²) in [4.78, 5) is 23.5. The third-order valence-corrected chi connectivity index (χ3v) is 3.27. The van der Waals surface area contributed by atoms with Crippen LogP contribution in [0.15, 0.2) is 15.8 Å².